The number of carbonyl (C=O) groups excluding carboxylic acids is 1. The smallest absolute Gasteiger partial charge is 0.328 e. The summed E-state index contributed by atoms with van der Waals surface area (Å²) in [6, 6.07) is 14.1. The average Bonchev–Trinajstić information content (AvgIpc) is 2.78. The molecule has 0 aliphatic heterocycles. The van der Waals surface area contributed by atoms with Crippen LogP contribution in [0.5, 0.6) is 0 Å². The molecule has 0 radical (unpaired) electrons. The molecule has 0 aromatic heterocycles. The maximum atomic E-state index is 13.0. The van der Waals surface area contributed by atoms with Crippen LogP contribution in [0.1, 0.15) is 57.9 Å². The predicted octanol–water partition coefficient (Wildman–Crippen LogP) is 5.51. The van der Waals surface area contributed by atoms with Gasteiger partial charge in [0.1, 0.15) is 0 Å². The molecule has 1 fully saturated rings. The molecule has 2 N–H and O–H groups in total. The van der Waals surface area contributed by atoms with Crippen LogP contribution in [0.3, 0.4) is 0 Å². The molecule has 0 spiro atoms. The Morgan fingerprint density at radius 2 is 1.71 bits per heavy atom. The summed E-state index contributed by atoms with van der Waals surface area (Å²) in [5.74, 6) is 1.04. The van der Waals surface area contributed by atoms with Crippen LogP contribution in [0, 0.1) is 11.8 Å². The van der Waals surface area contributed by atoms with Crippen LogP contribution in [0.15, 0.2) is 53.4 Å². The Morgan fingerprint density at radius 3 is 2.39 bits per heavy atom. The molecule has 6 heteroatoms. The zero-order valence-electron chi connectivity index (χ0n) is 18.6. The maximum absolute atomic E-state index is 13.0. The molecular formula is C25H34N2O3S. The molecule has 1 aliphatic carbocycles. The van der Waals surface area contributed by atoms with Gasteiger partial charge >= 0.3 is 6.03 Å². The number of carbonyl (C=O) groups is 1. The van der Waals surface area contributed by atoms with Gasteiger partial charge in [-0.1, -0.05) is 82.0 Å². The molecule has 31 heavy (non-hydrogen) atoms. The quantitative estimate of drug-likeness (QED) is 0.566. The first kappa shape index (κ1) is 23.3. The molecule has 0 saturated heterocycles. The summed E-state index contributed by atoms with van der Waals surface area (Å²) < 4.78 is 28.1. The van der Waals surface area contributed by atoms with Crippen LogP contribution < -0.4 is 10.0 Å². The van der Waals surface area contributed by atoms with E-state index < -0.39 is 16.1 Å². The van der Waals surface area contributed by atoms with E-state index >= 15 is 0 Å². The van der Waals surface area contributed by atoms with Gasteiger partial charge in [0.25, 0.3) is 10.0 Å². The Hall–Kier alpha value is -2.34. The van der Waals surface area contributed by atoms with Crippen LogP contribution in [0.4, 0.5) is 4.79 Å². The summed E-state index contributed by atoms with van der Waals surface area (Å²) >= 11 is 0. The fourth-order valence-electron chi connectivity index (χ4n) is 4.15. The highest BCUT2D eigenvalue weighted by atomic mass is 32.2. The molecular weight excluding hydrogens is 408 g/mol. The van der Waals surface area contributed by atoms with Crippen molar-refractivity contribution in [3.63, 3.8) is 0 Å². The minimum Gasteiger partial charge on any atom is -0.337 e. The van der Waals surface area contributed by atoms with Crippen molar-refractivity contribution in [3.8, 4) is 11.1 Å². The van der Waals surface area contributed by atoms with Crippen LogP contribution in [0.2, 0.25) is 0 Å². The lowest BCUT2D eigenvalue weighted by Gasteiger charge is -2.21. The minimum atomic E-state index is -3.99. The predicted molar refractivity (Wildman–Crippen MR) is 125 cm³/mol. The monoisotopic (exact) mass is 442 g/mol. The Balaban J connectivity index is 1.71. The number of urea groups is 1. The van der Waals surface area contributed by atoms with Gasteiger partial charge in [0, 0.05) is 12.1 Å². The third-order valence-electron chi connectivity index (χ3n) is 6.23. The molecule has 2 amide bonds. The fourth-order valence-corrected chi connectivity index (χ4v) is 5.31. The van der Waals surface area contributed by atoms with Crippen molar-refractivity contribution in [1.29, 1.82) is 0 Å². The number of hydrogen-bond donors (Lipinski definition) is 2. The number of hydrogen-bond acceptors (Lipinski definition) is 3. The van der Waals surface area contributed by atoms with Gasteiger partial charge in [-0.25, -0.2) is 17.9 Å². The van der Waals surface area contributed by atoms with Gasteiger partial charge < -0.3 is 5.32 Å². The third-order valence-corrected chi connectivity index (χ3v) is 7.61. The van der Waals surface area contributed by atoms with Crippen molar-refractivity contribution < 1.29 is 13.2 Å². The lowest BCUT2D eigenvalue weighted by atomic mass is 9.89. The first-order valence-corrected chi connectivity index (χ1v) is 12.9. The summed E-state index contributed by atoms with van der Waals surface area (Å²) in [6.45, 7) is 4.92. The summed E-state index contributed by atoms with van der Waals surface area (Å²) in [5.41, 5.74) is 2.64. The van der Waals surface area contributed by atoms with Crippen molar-refractivity contribution in [2.24, 2.45) is 11.8 Å². The summed E-state index contributed by atoms with van der Waals surface area (Å²) in [4.78, 5) is 12.4. The second-order valence-corrected chi connectivity index (χ2v) is 10.4. The van der Waals surface area contributed by atoms with Gasteiger partial charge in [-0.05, 0) is 48.3 Å². The standard InChI is InChI=1S/C25H34N2O3S/c1-3-19(2)17-20-13-15-22(16-14-20)23-11-7-8-12-24(23)31(29,30)27-25(28)26-18-21-9-5-4-6-10-21/h7-8,11-16,19,21H,3-6,9-10,17-18H2,1-2H3,(H2,26,27,28). The van der Waals surface area contributed by atoms with Crippen molar-refractivity contribution >= 4 is 16.1 Å². The molecule has 5 nitrogen and oxygen atoms in total. The highest BCUT2D eigenvalue weighted by Gasteiger charge is 2.22. The summed E-state index contributed by atoms with van der Waals surface area (Å²) in [6.07, 6.45) is 7.89. The molecule has 0 heterocycles. The summed E-state index contributed by atoms with van der Waals surface area (Å²) in [7, 11) is -3.99. The minimum absolute atomic E-state index is 0.109. The molecule has 1 atom stereocenters. The van der Waals surface area contributed by atoms with Gasteiger partial charge in [0.2, 0.25) is 0 Å². The molecule has 2 aromatic rings. The lowest BCUT2D eigenvalue weighted by molar-refractivity contribution is 0.241. The van der Waals surface area contributed by atoms with Crippen LogP contribution in [-0.4, -0.2) is 21.0 Å². The van der Waals surface area contributed by atoms with E-state index in [9.17, 15) is 13.2 Å². The number of nitrogens with one attached hydrogen (secondary N) is 2. The van der Waals surface area contributed by atoms with Crippen molar-refractivity contribution in [3.05, 3.63) is 54.1 Å². The molecule has 1 saturated carbocycles. The van der Waals surface area contributed by atoms with Gasteiger partial charge in [0.15, 0.2) is 0 Å². The normalized spacial score (nSPS) is 15.9. The number of benzene rings is 2. The van der Waals surface area contributed by atoms with E-state index in [0.717, 1.165) is 31.2 Å². The Bertz CT molecular complexity index is 965. The van der Waals surface area contributed by atoms with Crippen molar-refractivity contribution in [2.45, 2.75) is 63.7 Å². The fraction of sp³-hybridized carbons (Fsp3) is 0.480. The zero-order chi connectivity index (χ0) is 22.3. The van der Waals surface area contributed by atoms with E-state index in [1.165, 1.54) is 24.8 Å². The van der Waals surface area contributed by atoms with Gasteiger partial charge in [0.05, 0.1) is 4.90 Å². The molecule has 168 valence electrons. The van der Waals surface area contributed by atoms with Crippen LogP contribution in [0.25, 0.3) is 11.1 Å². The number of rotatable bonds is 8. The first-order chi connectivity index (χ1) is 14.9. The Morgan fingerprint density at radius 1 is 1.03 bits per heavy atom. The number of amides is 2. The van der Waals surface area contributed by atoms with Crippen LogP contribution >= 0.6 is 0 Å². The van der Waals surface area contributed by atoms with Crippen molar-refractivity contribution in [1.82, 2.24) is 10.0 Å². The van der Waals surface area contributed by atoms with E-state index in [1.54, 1.807) is 18.2 Å². The molecule has 1 aliphatic rings. The molecule has 0 bridgehead atoms. The molecule has 1 unspecified atom stereocenters. The van der Waals surface area contributed by atoms with E-state index in [2.05, 4.69) is 36.0 Å². The molecule has 2 aromatic carbocycles. The Kier molecular flexibility index (Phi) is 8.13. The van der Waals surface area contributed by atoms with E-state index in [0.29, 0.717) is 23.9 Å². The van der Waals surface area contributed by atoms with Crippen molar-refractivity contribution in [2.75, 3.05) is 6.54 Å². The first-order valence-electron chi connectivity index (χ1n) is 11.4. The molecule has 3 rings (SSSR count). The van der Waals surface area contributed by atoms with Crippen LogP contribution in [-0.2, 0) is 16.4 Å². The maximum Gasteiger partial charge on any atom is 0.328 e. The highest BCUT2D eigenvalue weighted by Crippen LogP contribution is 2.28. The largest absolute Gasteiger partial charge is 0.337 e. The lowest BCUT2D eigenvalue weighted by Crippen LogP contribution is -2.41. The number of sulfonamides is 1. The van der Waals surface area contributed by atoms with E-state index in [1.807, 2.05) is 18.2 Å². The highest BCUT2D eigenvalue weighted by molar-refractivity contribution is 7.90. The van der Waals surface area contributed by atoms with Gasteiger partial charge in [-0.2, -0.15) is 0 Å². The topological polar surface area (TPSA) is 75.3 Å². The zero-order valence-corrected chi connectivity index (χ0v) is 19.4. The van der Waals surface area contributed by atoms with E-state index in [-0.39, 0.29) is 4.90 Å². The second-order valence-electron chi connectivity index (χ2n) is 8.73. The van der Waals surface area contributed by atoms with E-state index in [4.69, 9.17) is 0 Å². The summed E-state index contributed by atoms with van der Waals surface area (Å²) in [5, 5.41) is 2.74. The SMILES string of the molecule is CCC(C)Cc1ccc(-c2ccccc2S(=O)(=O)NC(=O)NCC2CCCCC2)cc1. The Labute approximate surface area is 186 Å². The van der Waals surface area contributed by atoms with Gasteiger partial charge in [-0.3, -0.25) is 0 Å². The second kappa shape index (κ2) is 10.8. The average molecular weight is 443 g/mol. The third kappa shape index (κ3) is 6.57. The van der Waals surface area contributed by atoms with Gasteiger partial charge in [-0.15, -0.1) is 0 Å².